The molecule has 2 heterocycles. The maximum Gasteiger partial charge on any atom is 0.417 e. The van der Waals surface area contributed by atoms with Crippen molar-refractivity contribution in [2.45, 2.75) is 11.2 Å². The van der Waals surface area contributed by atoms with Gasteiger partial charge in [-0.1, -0.05) is 48.2 Å². The fourth-order valence-electron chi connectivity index (χ4n) is 3.11. The number of nitrogens with zero attached hydrogens (tertiary/aromatic N) is 2. The number of aromatic nitrogens is 1. The first-order chi connectivity index (χ1) is 15.3. The quantitative estimate of drug-likeness (QED) is 0.335. The van der Waals surface area contributed by atoms with Gasteiger partial charge in [0.15, 0.2) is 0 Å². The molecule has 32 heavy (non-hydrogen) atoms. The predicted octanol–water partition coefficient (Wildman–Crippen LogP) is 6.58. The van der Waals surface area contributed by atoms with Crippen molar-refractivity contribution in [3.05, 3.63) is 77.2 Å². The Labute approximate surface area is 189 Å². The second-order valence-electron chi connectivity index (χ2n) is 6.72. The molecule has 0 aliphatic heterocycles. The van der Waals surface area contributed by atoms with Gasteiger partial charge in [-0.05, 0) is 40.4 Å². The van der Waals surface area contributed by atoms with Gasteiger partial charge in [-0.3, -0.25) is 4.79 Å². The summed E-state index contributed by atoms with van der Waals surface area (Å²) in [5.41, 5.74) is -0.952. The molecular formula is C23H14F3N3OS2. The number of halogens is 3. The van der Waals surface area contributed by atoms with Crippen LogP contribution in [0.5, 0.6) is 0 Å². The van der Waals surface area contributed by atoms with Gasteiger partial charge in [-0.15, -0.1) is 11.3 Å². The molecule has 0 atom stereocenters. The molecule has 0 aliphatic rings. The molecule has 4 rings (SSSR count). The molecule has 160 valence electrons. The summed E-state index contributed by atoms with van der Waals surface area (Å²) in [5, 5.41) is 15.7. The minimum absolute atomic E-state index is 0.115. The van der Waals surface area contributed by atoms with Crippen LogP contribution in [0.1, 0.15) is 11.1 Å². The van der Waals surface area contributed by atoms with Crippen molar-refractivity contribution in [1.29, 1.82) is 5.26 Å². The van der Waals surface area contributed by atoms with E-state index in [9.17, 15) is 23.2 Å². The molecule has 0 spiro atoms. The Bertz CT molecular complexity index is 1330. The number of hydrogen-bond acceptors (Lipinski definition) is 5. The fraction of sp³-hybridized carbons (Fsp3) is 0.0870. The molecule has 1 amide bonds. The number of carbonyl (C=O) groups excluding carboxylic acids is 1. The summed E-state index contributed by atoms with van der Waals surface area (Å²) < 4.78 is 40.8. The third-order valence-electron chi connectivity index (χ3n) is 4.55. The average Bonchev–Trinajstić information content (AvgIpc) is 3.31. The Morgan fingerprint density at radius 3 is 2.56 bits per heavy atom. The highest BCUT2D eigenvalue weighted by molar-refractivity contribution is 8.00. The molecule has 2 aromatic heterocycles. The molecule has 4 aromatic rings. The molecule has 2 aromatic carbocycles. The van der Waals surface area contributed by atoms with Gasteiger partial charge in [0.25, 0.3) is 0 Å². The molecule has 0 unspecified atom stereocenters. The van der Waals surface area contributed by atoms with Crippen LogP contribution in [0.2, 0.25) is 0 Å². The molecule has 0 aliphatic carbocycles. The Morgan fingerprint density at radius 2 is 1.88 bits per heavy atom. The van der Waals surface area contributed by atoms with Crippen LogP contribution < -0.4 is 5.32 Å². The van der Waals surface area contributed by atoms with Crippen LogP contribution >= 0.6 is 23.1 Å². The molecule has 0 saturated carbocycles. The number of alkyl halides is 3. The van der Waals surface area contributed by atoms with Crippen LogP contribution in [-0.2, 0) is 11.0 Å². The fourth-order valence-corrected chi connectivity index (χ4v) is 4.60. The summed E-state index contributed by atoms with van der Waals surface area (Å²) in [5.74, 6) is -0.606. The highest BCUT2D eigenvalue weighted by Gasteiger charge is 2.36. The highest BCUT2D eigenvalue weighted by atomic mass is 32.2. The van der Waals surface area contributed by atoms with E-state index >= 15 is 0 Å². The predicted molar refractivity (Wildman–Crippen MR) is 121 cm³/mol. The number of pyridine rings is 1. The number of thioether (sulfide) groups is 1. The summed E-state index contributed by atoms with van der Waals surface area (Å²) in [6.45, 7) is 0. The normalized spacial score (nSPS) is 11.3. The lowest BCUT2D eigenvalue weighted by Gasteiger charge is -2.13. The zero-order valence-electron chi connectivity index (χ0n) is 16.3. The van der Waals surface area contributed by atoms with Crippen molar-refractivity contribution in [2.24, 2.45) is 0 Å². The second kappa shape index (κ2) is 9.02. The van der Waals surface area contributed by atoms with E-state index in [2.05, 4.69) is 10.3 Å². The van der Waals surface area contributed by atoms with Crippen LogP contribution in [0.3, 0.4) is 0 Å². The van der Waals surface area contributed by atoms with Gasteiger partial charge in [-0.2, -0.15) is 18.4 Å². The van der Waals surface area contributed by atoms with Crippen molar-refractivity contribution >= 4 is 45.5 Å². The van der Waals surface area contributed by atoms with Crippen molar-refractivity contribution in [2.75, 3.05) is 11.1 Å². The van der Waals surface area contributed by atoms with Crippen LogP contribution in [0.15, 0.2) is 71.1 Å². The van der Waals surface area contributed by atoms with E-state index in [-0.39, 0.29) is 16.5 Å². The summed E-state index contributed by atoms with van der Waals surface area (Å²) >= 11 is 2.05. The van der Waals surface area contributed by atoms with Gasteiger partial charge < -0.3 is 5.32 Å². The van der Waals surface area contributed by atoms with Gasteiger partial charge in [0.1, 0.15) is 11.1 Å². The van der Waals surface area contributed by atoms with E-state index in [0.717, 1.165) is 28.6 Å². The third kappa shape index (κ3) is 4.77. The number of anilines is 1. The van der Waals surface area contributed by atoms with E-state index in [0.29, 0.717) is 10.6 Å². The number of carbonyl (C=O) groups is 1. The van der Waals surface area contributed by atoms with E-state index in [4.69, 9.17) is 0 Å². The van der Waals surface area contributed by atoms with Gasteiger partial charge in [0, 0.05) is 5.69 Å². The minimum Gasteiger partial charge on any atom is -0.325 e. The van der Waals surface area contributed by atoms with Gasteiger partial charge in [-0.25, -0.2) is 4.98 Å². The Balaban J connectivity index is 1.58. The zero-order chi connectivity index (χ0) is 22.7. The molecule has 0 bridgehead atoms. The number of hydrogen-bond donors (Lipinski definition) is 1. The topological polar surface area (TPSA) is 65.8 Å². The summed E-state index contributed by atoms with van der Waals surface area (Å²) in [7, 11) is 0. The first-order valence-corrected chi connectivity index (χ1v) is 11.2. The highest BCUT2D eigenvalue weighted by Crippen LogP contribution is 2.38. The number of fused-ring (bicyclic) bond motifs is 1. The lowest BCUT2D eigenvalue weighted by Crippen LogP contribution is -2.15. The van der Waals surface area contributed by atoms with E-state index in [1.807, 2.05) is 36.4 Å². The molecule has 0 fully saturated rings. The number of amides is 1. The van der Waals surface area contributed by atoms with Crippen LogP contribution in [0, 0.1) is 11.3 Å². The molecule has 0 saturated heterocycles. The number of benzene rings is 2. The van der Waals surface area contributed by atoms with Crippen molar-refractivity contribution < 1.29 is 18.0 Å². The van der Waals surface area contributed by atoms with Crippen molar-refractivity contribution in [1.82, 2.24) is 4.98 Å². The zero-order valence-corrected chi connectivity index (χ0v) is 17.9. The maximum absolute atomic E-state index is 13.6. The Kier molecular flexibility index (Phi) is 6.17. The Hall–Kier alpha value is -3.35. The smallest absolute Gasteiger partial charge is 0.325 e. The summed E-state index contributed by atoms with van der Waals surface area (Å²) in [6.07, 6.45) is -4.72. The van der Waals surface area contributed by atoms with Gasteiger partial charge in [0.2, 0.25) is 5.91 Å². The number of rotatable bonds is 5. The lowest BCUT2D eigenvalue weighted by molar-refractivity contribution is -0.138. The Morgan fingerprint density at radius 1 is 1.09 bits per heavy atom. The number of thiophene rings is 1. The summed E-state index contributed by atoms with van der Waals surface area (Å²) in [6, 6.07) is 18.9. The molecule has 4 nitrogen and oxygen atoms in total. The minimum atomic E-state index is -4.72. The van der Waals surface area contributed by atoms with Gasteiger partial charge >= 0.3 is 6.18 Å². The van der Waals surface area contributed by atoms with Crippen molar-refractivity contribution in [3.63, 3.8) is 0 Å². The average molecular weight is 470 g/mol. The molecule has 0 radical (unpaired) electrons. The third-order valence-corrected chi connectivity index (χ3v) is 6.42. The SMILES string of the molecule is N#Cc1c(C(F)(F)F)cc(-c2cccs2)nc1SCC(=O)Nc1ccc2ccccc2c1. The lowest BCUT2D eigenvalue weighted by atomic mass is 10.1. The largest absolute Gasteiger partial charge is 0.417 e. The van der Waals surface area contributed by atoms with Crippen molar-refractivity contribution in [3.8, 4) is 16.6 Å². The van der Waals surface area contributed by atoms with E-state index < -0.39 is 23.2 Å². The van der Waals surface area contributed by atoms with E-state index in [1.54, 1.807) is 29.6 Å². The molecule has 1 N–H and O–H groups in total. The second-order valence-corrected chi connectivity index (χ2v) is 8.63. The molecular weight excluding hydrogens is 455 g/mol. The number of nitrogens with one attached hydrogen (secondary N) is 1. The molecule has 9 heteroatoms. The van der Waals surface area contributed by atoms with Crippen LogP contribution in [0.4, 0.5) is 18.9 Å². The number of nitriles is 1. The summed E-state index contributed by atoms with van der Waals surface area (Å²) in [4.78, 5) is 17.2. The van der Waals surface area contributed by atoms with E-state index in [1.165, 1.54) is 11.3 Å². The first kappa shape index (κ1) is 21.9. The van der Waals surface area contributed by atoms with Gasteiger partial charge in [0.05, 0.1) is 27.5 Å². The monoisotopic (exact) mass is 469 g/mol. The van der Waals surface area contributed by atoms with Crippen LogP contribution in [-0.4, -0.2) is 16.6 Å². The van der Waals surface area contributed by atoms with Crippen LogP contribution in [0.25, 0.3) is 21.3 Å². The first-order valence-electron chi connectivity index (χ1n) is 9.33. The maximum atomic E-state index is 13.6. The standard InChI is InChI=1S/C23H14F3N3OS2/c24-23(25,26)18-11-19(20-6-3-9-31-20)29-22(17(18)12-27)32-13-21(30)28-16-8-7-14-4-1-2-5-15(14)10-16/h1-11H,13H2,(H,28,30).